The molecule has 0 aromatic heterocycles. The molecule has 1 N–H and O–H groups in total. The maximum Gasteiger partial charge on any atom is 0.0247 e. The average molecular weight is 127 g/mol. The lowest BCUT2D eigenvalue weighted by atomic mass is 10.2. The highest BCUT2D eigenvalue weighted by Crippen LogP contribution is 2.03. The summed E-state index contributed by atoms with van der Waals surface area (Å²) in [5.41, 5.74) is 0. The third-order valence-corrected chi connectivity index (χ3v) is 1.38. The van der Waals surface area contributed by atoms with Crippen molar-refractivity contribution in [2.45, 2.75) is 32.7 Å². The van der Waals surface area contributed by atoms with Crippen LogP contribution in [0.4, 0.5) is 0 Å². The summed E-state index contributed by atoms with van der Waals surface area (Å²) < 4.78 is 0. The normalized spacial score (nSPS) is 24.4. The van der Waals surface area contributed by atoms with E-state index in [0.29, 0.717) is 6.04 Å². The number of nitrogens with one attached hydrogen (secondary N) is 1. The molecule has 54 valence electrons. The minimum absolute atomic E-state index is 0.611. The van der Waals surface area contributed by atoms with Crippen molar-refractivity contribution in [3.05, 3.63) is 12.7 Å². The Labute approximate surface area is 58.2 Å². The molecule has 0 amide bonds. The fourth-order valence-electron chi connectivity index (χ4n) is 0.913. The third kappa shape index (κ3) is 3.31. The lowest BCUT2D eigenvalue weighted by molar-refractivity contribution is 0.729. The van der Waals surface area contributed by atoms with E-state index in [4.69, 9.17) is 0 Å². The second-order valence-electron chi connectivity index (χ2n) is 1.94. The zero-order chi connectivity index (χ0) is 7.11. The number of hydrogen-bond acceptors (Lipinski definition) is 1. The molecule has 1 heterocycles. The van der Waals surface area contributed by atoms with E-state index in [1.807, 2.05) is 19.9 Å². The van der Waals surface area contributed by atoms with Gasteiger partial charge in [0.1, 0.15) is 0 Å². The summed E-state index contributed by atoms with van der Waals surface area (Å²) in [6.07, 6.45) is 4.58. The standard InChI is InChI=1S/C6H11N.C2H6/c1-2-6-4-3-5-7-6;1-2/h2,6-7H,1,3-5H2;1-2H3. The first-order chi connectivity index (χ1) is 4.43. The zero-order valence-electron chi connectivity index (χ0n) is 6.48. The highest BCUT2D eigenvalue weighted by Gasteiger charge is 2.07. The molecule has 0 aromatic carbocycles. The lowest BCUT2D eigenvalue weighted by Crippen LogP contribution is -2.17. The van der Waals surface area contributed by atoms with Gasteiger partial charge in [0, 0.05) is 6.04 Å². The molecule has 1 atom stereocenters. The molecule has 1 heteroatoms. The molecule has 0 aromatic rings. The van der Waals surface area contributed by atoms with Crippen molar-refractivity contribution in [2.24, 2.45) is 0 Å². The van der Waals surface area contributed by atoms with Crippen LogP contribution in [0.3, 0.4) is 0 Å². The first kappa shape index (κ1) is 8.70. The Bertz CT molecular complexity index is 63.0. The Morgan fingerprint density at radius 3 is 2.44 bits per heavy atom. The van der Waals surface area contributed by atoms with Crippen molar-refractivity contribution in [3.8, 4) is 0 Å². The van der Waals surface area contributed by atoms with Crippen LogP contribution in [0.1, 0.15) is 26.7 Å². The van der Waals surface area contributed by atoms with E-state index in [1.54, 1.807) is 0 Å². The fourth-order valence-corrected chi connectivity index (χ4v) is 0.913. The van der Waals surface area contributed by atoms with Crippen molar-refractivity contribution >= 4 is 0 Å². The number of rotatable bonds is 1. The van der Waals surface area contributed by atoms with Crippen LogP contribution in [-0.2, 0) is 0 Å². The molecular formula is C8H17N. The number of hydrogen-bond donors (Lipinski definition) is 1. The van der Waals surface area contributed by atoms with Gasteiger partial charge in [-0.1, -0.05) is 19.9 Å². The van der Waals surface area contributed by atoms with Gasteiger partial charge in [0.15, 0.2) is 0 Å². The predicted octanol–water partition coefficient (Wildman–Crippen LogP) is 1.95. The molecule has 0 aliphatic carbocycles. The second kappa shape index (κ2) is 5.83. The van der Waals surface area contributed by atoms with Crippen molar-refractivity contribution in [2.75, 3.05) is 6.54 Å². The SMILES string of the molecule is C=CC1CCCN1.CC. The van der Waals surface area contributed by atoms with Gasteiger partial charge in [-0.3, -0.25) is 0 Å². The largest absolute Gasteiger partial charge is 0.311 e. The van der Waals surface area contributed by atoms with Gasteiger partial charge in [-0.15, -0.1) is 6.58 Å². The molecule has 0 saturated carbocycles. The van der Waals surface area contributed by atoms with E-state index < -0.39 is 0 Å². The van der Waals surface area contributed by atoms with E-state index in [2.05, 4.69) is 11.9 Å². The van der Waals surface area contributed by atoms with Gasteiger partial charge in [-0.2, -0.15) is 0 Å². The van der Waals surface area contributed by atoms with Crippen LogP contribution in [0.15, 0.2) is 12.7 Å². The minimum atomic E-state index is 0.611. The molecule has 1 aliphatic rings. The summed E-state index contributed by atoms with van der Waals surface area (Å²) >= 11 is 0. The quantitative estimate of drug-likeness (QED) is 0.531. The Balaban J connectivity index is 0.000000291. The molecule has 1 nitrogen and oxygen atoms in total. The summed E-state index contributed by atoms with van der Waals surface area (Å²) in [4.78, 5) is 0. The fraction of sp³-hybridized carbons (Fsp3) is 0.750. The molecule has 0 radical (unpaired) electrons. The molecular weight excluding hydrogens is 110 g/mol. The van der Waals surface area contributed by atoms with Gasteiger partial charge in [0.2, 0.25) is 0 Å². The van der Waals surface area contributed by atoms with Gasteiger partial charge in [0.25, 0.3) is 0 Å². The van der Waals surface area contributed by atoms with E-state index in [1.165, 1.54) is 19.4 Å². The Hall–Kier alpha value is -0.300. The lowest BCUT2D eigenvalue weighted by Gasteiger charge is -1.97. The molecule has 0 bridgehead atoms. The molecule has 1 rings (SSSR count). The van der Waals surface area contributed by atoms with E-state index in [9.17, 15) is 0 Å². The minimum Gasteiger partial charge on any atom is -0.311 e. The van der Waals surface area contributed by atoms with E-state index >= 15 is 0 Å². The smallest absolute Gasteiger partial charge is 0.0247 e. The monoisotopic (exact) mass is 127 g/mol. The van der Waals surface area contributed by atoms with Gasteiger partial charge >= 0.3 is 0 Å². The molecule has 1 saturated heterocycles. The Morgan fingerprint density at radius 2 is 2.22 bits per heavy atom. The summed E-state index contributed by atoms with van der Waals surface area (Å²) in [5, 5.41) is 3.29. The van der Waals surface area contributed by atoms with Crippen LogP contribution in [0.25, 0.3) is 0 Å². The van der Waals surface area contributed by atoms with Gasteiger partial charge < -0.3 is 5.32 Å². The molecule has 1 fully saturated rings. The van der Waals surface area contributed by atoms with Crippen molar-refractivity contribution in [1.82, 2.24) is 5.32 Å². The van der Waals surface area contributed by atoms with Crippen LogP contribution >= 0.6 is 0 Å². The summed E-state index contributed by atoms with van der Waals surface area (Å²) in [6.45, 7) is 8.86. The van der Waals surface area contributed by atoms with Crippen LogP contribution in [0, 0.1) is 0 Å². The van der Waals surface area contributed by atoms with Crippen molar-refractivity contribution in [1.29, 1.82) is 0 Å². The van der Waals surface area contributed by atoms with Crippen LogP contribution < -0.4 is 5.32 Å². The summed E-state index contributed by atoms with van der Waals surface area (Å²) in [7, 11) is 0. The molecule has 1 unspecified atom stereocenters. The Morgan fingerprint density at radius 1 is 1.56 bits per heavy atom. The first-order valence-electron chi connectivity index (χ1n) is 3.79. The van der Waals surface area contributed by atoms with E-state index in [-0.39, 0.29) is 0 Å². The highest BCUT2D eigenvalue weighted by atomic mass is 14.9. The van der Waals surface area contributed by atoms with Crippen LogP contribution in [-0.4, -0.2) is 12.6 Å². The van der Waals surface area contributed by atoms with Gasteiger partial charge in [-0.25, -0.2) is 0 Å². The summed E-state index contributed by atoms with van der Waals surface area (Å²) in [5.74, 6) is 0. The molecule has 9 heavy (non-hydrogen) atoms. The van der Waals surface area contributed by atoms with Gasteiger partial charge in [0.05, 0.1) is 0 Å². The molecule has 1 aliphatic heterocycles. The zero-order valence-corrected chi connectivity index (χ0v) is 6.48. The maximum atomic E-state index is 3.68. The highest BCUT2D eigenvalue weighted by molar-refractivity contribution is 4.88. The predicted molar refractivity (Wildman–Crippen MR) is 42.6 cm³/mol. The first-order valence-corrected chi connectivity index (χ1v) is 3.79. The van der Waals surface area contributed by atoms with Crippen molar-refractivity contribution < 1.29 is 0 Å². The second-order valence-corrected chi connectivity index (χ2v) is 1.94. The Kier molecular flexibility index (Phi) is 5.64. The third-order valence-electron chi connectivity index (χ3n) is 1.38. The van der Waals surface area contributed by atoms with Crippen LogP contribution in [0.5, 0.6) is 0 Å². The topological polar surface area (TPSA) is 12.0 Å². The summed E-state index contributed by atoms with van der Waals surface area (Å²) in [6, 6.07) is 0.611. The maximum absolute atomic E-state index is 3.68. The van der Waals surface area contributed by atoms with Crippen LogP contribution in [0.2, 0.25) is 0 Å². The van der Waals surface area contributed by atoms with Crippen molar-refractivity contribution in [3.63, 3.8) is 0 Å². The average Bonchev–Trinajstić information content (AvgIpc) is 2.43. The van der Waals surface area contributed by atoms with E-state index in [0.717, 1.165) is 0 Å². The van der Waals surface area contributed by atoms with Gasteiger partial charge in [-0.05, 0) is 19.4 Å². The molecule has 0 spiro atoms.